The van der Waals surface area contributed by atoms with Gasteiger partial charge in [0.15, 0.2) is 16.3 Å². The van der Waals surface area contributed by atoms with Crippen molar-refractivity contribution < 1.29 is 19.0 Å². The molecule has 0 N–H and O–H groups in total. The molecule has 43 heavy (non-hydrogen) atoms. The quantitative estimate of drug-likeness (QED) is 0.238. The van der Waals surface area contributed by atoms with Gasteiger partial charge in [0.05, 0.1) is 41.1 Å². The van der Waals surface area contributed by atoms with Crippen LogP contribution in [0.1, 0.15) is 44.9 Å². The summed E-state index contributed by atoms with van der Waals surface area (Å²) in [6.07, 6.45) is 1.82. The van der Waals surface area contributed by atoms with Crippen LogP contribution in [0.3, 0.4) is 0 Å². The van der Waals surface area contributed by atoms with Crippen molar-refractivity contribution in [2.24, 2.45) is 4.99 Å². The van der Waals surface area contributed by atoms with Gasteiger partial charge in [-0.2, -0.15) is 0 Å². The van der Waals surface area contributed by atoms with Crippen LogP contribution in [0.25, 0.3) is 16.8 Å². The zero-order chi connectivity index (χ0) is 30.8. The van der Waals surface area contributed by atoms with Gasteiger partial charge in [-0.1, -0.05) is 41.7 Å². The zero-order valence-electron chi connectivity index (χ0n) is 25.1. The van der Waals surface area contributed by atoms with E-state index < -0.39 is 6.04 Å². The smallest absolute Gasteiger partial charge is 0.271 e. The van der Waals surface area contributed by atoms with Gasteiger partial charge in [0, 0.05) is 18.7 Å². The van der Waals surface area contributed by atoms with Gasteiger partial charge in [-0.3, -0.25) is 14.2 Å². The molecule has 0 bridgehead atoms. The van der Waals surface area contributed by atoms with Crippen molar-refractivity contribution in [3.05, 3.63) is 95.1 Å². The first-order chi connectivity index (χ1) is 20.8. The Morgan fingerprint density at radius 3 is 2.49 bits per heavy atom. The third-order valence-corrected chi connectivity index (χ3v) is 9.13. The second-order valence-corrected chi connectivity index (χ2v) is 11.8. The minimum Gasteiger partial charge on any atom is -0.496 e. The van der Waals surface area contributed by atoms with Gasteiger partial charge in [-0.15, -0.1) is 0 Å². The molecule has 10 heteroatoms. The second kappa shape index (κ2) is 12.8. The summed E-state index contributed by atoms with van der Waals surface area (Å²) in [4.78, 5) is 35.6. The highest BCUT2D eigenvalue weighted by molar-refractivity contribution is 9.10. The van der Waals surface area contributed by atoms with E-state index in [1.807, 2.05) is 82.3 Å². The number of fused-ring (bicyclic) bond motifs is 2. The van der Waals surface area contributed by atoms with Crippen molar-refractivity contribution in [2.75, 3.05) is 33.9 Å². The van der Waals surface area contributed by atoms with Crippen LogP contribution in [-0.4, -0.2) is 49.3 Å². The molecule has 1 aliphatic rings. The van der Waals surface area contributed by atoms with Crippen molar-refractivity contribution in [1.82, 2.24) is 9.47 Å². The number of amides is 1. The molecule has 0 unspecified atom stereocenters. The van der Waals surface area contributed by atoms with Crippen molar-refractivity contribution in [3.63, 3.8) is 0 Å². The first-order valence-corrected chi connectivity index (χ1v) is 15.8. The van der Waals surface area contributed by atoms with Gasteiger partial charge < -0.3 is 19.1 Å². The second-order valence-electron chi connectivity index (χ2n) is 9.93. The van der Waals surface area contributed by atoms with Crippen LogP contribution in [0.5, 0.6) is 17.2 Å². The molecule has 0 spiro atoms. The Labute approximate surface area is 262 Å². The monoisotopic (exact) mass is 663 g/mol. The number of methoxy groups -OCH3 is 2. The fourth-order valence-electron chi connectivity index (χ4n) is 5.57. The minimum absolute atomic E-state index is 0.152. The molecule has 0 radical (unpaired) electrons. The molecular formula is C33H34BrN3O5S. The number of hydrogen-bond acceptors (Lipinski definition) is 7. The standard InChI is InChI=1S/C33H34BrN3O5S/c1-7-36(8-2)32(39)27-19(4)35-33-37(29(27)28-22-13-11-10-12-21(22)14-15-24(28)40-5)31(38)26(43-33)18-20-16-23(34)30(41-6)25(17-20)42-9-3/h10-18,29H,7-9H2,1-6H3/b26-18+/t29-/m1/s1. The fourth-order valence-corrected chi connectivity index (χ4v) is 7.24. The third kappa shape index (κ3) is 5.49. The van der Waals surface area contributed by atoms with Gasteiger partial charge >= 0.3 is 0 Å². The summed E-state index contributed by atoms with van der Waals surface area (Å²) < 4.78 is 20.0. The van der Waals surface area contributed by atoms with E-state index in [1.54, 1.807) is 23.7 Å². The van der Waals surface area contributed by atoms with Crippen molar-refractivity contribution >= 4 is 50.0 Å². The molecule has 1 atom stereocenters. The Balaban J connectivity index is 1.82. The first-order valence-electron chi connectivity index (χ1n) is 14.2. The van der Waals surface area contributed by atoms with E-state index in [0.29, 0.717) is 62.0 Å². The average Bonchev–Trinajstić information content (AvgIpc) is 3.30. The predicted octanol–water partition coefficient (Wildman–Crippen LogP) is 5.44. The number of halogens is 1. The summed E-state index contributed by atoms with van der Waals surface area (Å²) >= 11 is 4.86. The van der Waals surface area contributed by atoms with Crippen molar-refractivity contribution in [3.8, 4) is 17.2 Å². The maximum absolute atomic E-state index is 14.4. The number of allylic oxidation sites excluding steroid dienone is 1. The van der Waals surface area contributed by atoms with E-state index in [1.165, 1.54) is 11.3 Å². The number of likely N-dealkylation sites (N-methyl/N-ethyl adjacent to an activating group) is 1. The number of carbonyl (C=O) groups is 1. The average molecular weight is 665 g/mol. The molecule has 3 aromatic carbocycles. The van der Waals surface area contributed by atoms with Gasteiger partial charge in [0.1, 0.15) is 11.8 Å². The van der Waals surface area contributed by atoms with Crippen LogP contribution in [0, 0.1) is 0 Å². The molecule has 0 saturated carbocycles. The maximum atomic E-state index is 14.4. The molecule has 1 aliphatic heterocycles. The number of carbonyl (C=O) groups excluding carboxylic acids is 1. The third-order valence-electron chi connectivity index (χ3n) is 7.56. The molecular weight excluding hydrogens is 630 g/mol. The summed E-state index contributed by atoms with van der Waals surface area (Å²) in [5, 5.41) is 1.89. The maximum Gasteiger partial charge on any atom is 0.271 e. The SMILES string of the molecule is CCOc1cc(/C=c2/sc3n(c2=O)[C@@H](c2c(OC)ccc4ccccc24)C(C(=O)N(CC)CC)=C(C)N=3)cc(Br)c1OC. The lowest BCUT2D eigenvalue weighted by Gasteiger charge is -2.30. The summed E-state index contributed by atoms with van der Waals surface area (Å²) in [6, 6.07) is 14.8. The number of nitrogens with zero attached hydrogens (tertiary/aromatic N) is 3. The Kier molecular flexibility index (Phi) is 9.08. The van der Waals surface area contributed by atoms with Crippen LogP contribution in [-0.2, 0) is 4.79 Å². The predicted molar refractivity (Wildman–Crippen MR) is 174 cm³/mol. The molecule has 1 aromatic heterocycles. The van der Waals surface area contributed by atoms with E-state index in [0.717, 1.165) is 21.9 Å². The molecule has 0 fully saturated rings. The molecule has 0 saturated heterocycles. The lowest BCUT2D eigenvalue weighted by Crippen LogP contribution is -2.43. The summed E-state index contributed by atoms with van der Waals surface area (Å²) in [5.74, 6) is 1.60. The fraction of sp³-hybridized carbons (Fsp3) is 0.303. The van der Waals surface area contributed by atoms with Crippen LogP contribution in [0.2, 0.25) is 0 Å². The Morgan fingerprint density at radius 2 is 1.81 bits per heavy atom. The number of aromatic nitrogens is 1. The Morgan fingerprint density at radius 1 is 1.07 bits per heavy atom. The number of benzene rings is 3. The van der Waals surface area contributed by atoms with Crippen LogP contribution in [0.15, 0.2) is 74.1 Å². The van der Waals surface area contributed by atoms with Crippen LogP contribution < -0.4 is 29.1 Å². The molecule has 224 valence electrons. The Hall–Kier alpha value is -3.89. The molecule has 0 aliphatic carbocycles. The molecule has 2 heterocycles. The topological polar surface area (TPSA) is 82.4 Å². The summed E-state index contributed by atoms with van der Waals surface area (Å²) in [7, 11) is 3.19. The number of thiazole rings is 1. The summed E-state index contributed by atoms with van der Waals surface area (Å²) in [6.45, 7) is 9.16. The molecule has 1 amide bonds. The van der Waals surface area contributed by atoms with Crippen molar-refractivity contribution in [2.45, 2.75) is 33.7 Å². The summed E-state index contributed by atoms with van der Waals surface area (Å²) in [5.41, 5.74) is 2.31. The van der Waals surface area contributed by atoms with Crippen LogP contribution >= 0.6 is 27.3 Å². The molecule has 8 nitrogen and oxygen atoms in total. The normalized spacial score (nSPS) is 14.9. The Bertz CT molecular complexity index is 1920. The van der Waals surface area contributed by atoms with Crippen LogP contribution in [0.4, 0.5) is 0 Å². The lowest BCUT2D eigenvalue weighted by molar-refractivity contribution is -0.127. The highest BCUT2D eigenvalue weighted by Crippen LogP contribution is 2.41. The van der Waals surface area contributed by atoms with Gasteiger partial charge in [0.25, 0.3) is 11.5 Å². The largest absolute Gasteiger partial charge is 0.496 e. The van der Waals surface area contributed by atoms with E-state index in [2.05, 4.69) is 15.9 Å². The first kappa shape index (κ1) is 30.6. The molecule has 4 aromatic rings. The molecule has 5 rings (SSSR count). The van der Waals surface area contributed by atoms with E-state index in [9.17, 15) is 9.59 Å². The van der Waals surface area contributed by atoms with E-state index in [4.69, 9.17) is 19.2 Å². The minimum atomic E-state index is -0.742. The number of hydrogen-bond donors (Lipinski definition) is 0. The van der Waals surface area contributed by atoms with E-state index in [-0.39, 0.29) is 11.5 Å². The lowest BCUT2D eigenvalue weighted by atomic mass is 9.90. The highest BCUT2D eigenvalue weighted by Gasteiger charge is 2.36. The number of rotatable bonds is 9. The number of ether oxygens (including phenoxy) is 3. The van der Waals surface area contributed by atoms with Gasteiger partial charge in [-0.05, 0) is 84.2 Å². The van der Waals surface area contributed by atoms with Gasteiger partial charge in [-0.25, -0.2) is 4.99 Å². The van der Waals surface area contributed by atoms with Crippen molar-refractivity contribution in [1.29, 1.82) is 0 Å². The highest BCUT2D eigenvalue weighted by atomic mass is 79.9. The van der Waals surface area contributed by atoms with E-state index >= 15 is 0 Å². The van der Waals surface area contributed by atoms with Gasteiger partial charge in [0.2, 0.25) is 0 Å². The zero-order valence-corrected chi connectivity index (χ0v) is 27.5.